The van der Waals surface area contributed by atoms with E-state index < -0.39 is 11.4 Å². The van der Waals surface area contributed by atoms with Crippen LogP contribution in [0.1, 0.15) is 18.1 Å². The molecule has 1 aromatic rings. The average molecular weight is 249 g/mol. The van der Waals surface area contributed by atoms with E-state index in [0.717, 1.165) is 6.42 Å². The van der Waals surface area contributed by atoms with Crippen molar-refractivity contribution in [2.75, 3.05) is 19.8 Å². The van der Waals surface area contributed by atoms with Crippen LogP contribution in [0.25, 0.3) is 0 Å². The molecule has 1 saturated heterocycles. The third-order valence-corrected chi connectivity index (χ3v) is 3.43. The summed E-state index contributed by atoms with van der Waals surface area (Å²) >= 11 is 0. The number of nitrogens with one attached hydrogen (secondary N) is 1. The molecule has 4 heteroatoms. The Hall–Kier alpha value is -1.39. The highest BCUT2D eigenvalue weighted by Crippen LogP contribution is 2.26. The quantitative estimate of drug-likeness (QED) is 0.801. The van der Waals surface area contributed by atoms with Crippen molar-refractivity contribution in [2.45, 2.75) is 19.9 Å². The van der Waals surface area contributed by atoms with Crippen molar-refractivity contribution in [3.05, 3.63) is 35.4 Å². The van der Waals surface area contributed by atoms with E-state index in [1.807, 2.05) is 0 Å². The molecular formula is C14H19NO3. The lowest BCUT2D eigenvalue weighted by molar-refractivity contribution is -0.178. The van der Waals surface area contributed by atoms with E-state index in [-0.39, 0.29) is 0 Å². The van der Waals surface area contributed by atoms with Gasteiger partial charge < -0.3 is 15.2 Å². The molecule has 0 unspecified atom stereocenters. The lowest BCUT2D eigenvalue weighted by Gasteiger charge is -2.37. The zero-order valence-corrected chi connectivity index (χ0v) is 10.6. The highest BCUT2D eigenvalue weighted by molar-refractivity contribution is 5.76. The largest absolute Gasteiger partial charge is 0.481 e. The standard InChI is InChI=1S/C14H19NO3/c1-2-11-3-5-12(6-4-11)7-15-8-14(13(16)17)9-18-10-14/h3-6,15H,2,7-10H2,1H3,(H,16,17). The summed E-state index contributed by atoms with van der Waals surface area (Å²) in [6.07, 6.45) is 1.03. The topological polar surface area (TPSA) is 58.6 Å². The summed E-state index contributed by atoms with van der Waals surface area (Å²) in [7, 11) is 0. The van der Waals surface area contributed by atoms with Crippen LogP contribution in [0.4, 0.5) is 0 Å². The summed E-state index contributed by atoms with van der Waals surface area (Å²) in [5.41, 5.74) is 1.77. The Bertz CT molecular complexity index is 410. The first-order valence-corrected chi connectivity index (χ1v) is 6.26. The minimum absolute atomic E-state index is 0.310. The van der Waals surface area contributed by atoms with Gasteiger partial charge in [-0.1, -0.05) is 31.2 Å². The average Bonchev–Trinajstić information content (AvgIpc) is 2.33. The molecule has 0 bridgehead atoms. The molecule has 2 N–H and O–H groups in total. The second kappa shape index (κ2) is 5.50. The fourth-order valence-corrected chi connectivity index (χ4v) is 1.99. The normalized spacial score (nSPS) is 17.2. The number of carbonyl (C=O) groups is 1. The van der Waals surface area contributed by atoms with Gasteiger partial charge in [0.2, 0.25) is 0 Å². The zero-order valence-electron chi connectivity index (χ0n) is 10.6. The van der Waals surface area contributed by atoms with E-state index in [1.54, 1.807) is 0 Å². The molecule has 4 nitrogen and oxygen atoms in total. The molecule has 0 spiro atoms. The summed E-state index contributed by atoms with van der Waals surface area (Å²) in [6, 6.07) is 8.37. The summed E-state index contributed by atoms with van der Waals surface area (Å²) in [6.45, 7) is 3.89. The van der Waals surface area contributed by atoms with Crippen molar-refractivity contribution in [3.63, 3.8) is 0 Å². The SMILES string of the molecule is CCc1ccc(CNCC2(C(=O)O)COC2)cc1. The first-order chi connectivity index (χ1) is 8.66. The van der Waals surface area contributed by atoms with Crippen molar-refractivity contribution in [1.29, 1.82) is 0 Å². The third-order valence-electron chi connectivity index (χ3n) is 3.43. The summed E-state index contributed by atoms with van der Waals surface area (Å²) in [5, 5.41) is 12.3. The van der Waals surface area contributed by atoms with Crippen LogP contribution in [0.3, 0.4) is 0 Å². The van der Waals surface area contributed by atoms with E-state index in [9.17, 15) is 4.79 Å². The van der Waals surface area contributed by atoms with Gasteiger partial charge in [-0.25, -0.2) is 0 Å². The van der Waals surface area contributed by atoms with Gasteiger partial charge in [0.1, 0.15) is 5.41 Å². The number of hydrogen-bond donors (Lipinski definition) is 2. The van der Waals surface area contributed by atoms with Gasteiger partial charge in [-0.2, -0.15) is 0 Å². The lowest BCUT2D eigenvalue weighted by atomic mass is 9.86. The molecule has 1 heterocycles. The second-order valence-electron chi connectivity index (χ2n) is 4.85. The maximum Gasteiger partial charge on any atom is 0.315 e. The molecule has 0 atom stereocenters. The van der Waals surface area contributed by atoms with E-state index in [2.05, 4.69) is 36.5 Å². The highest BCUT2D eigenvalue weighted by atomic mass is 16.5. The summed E-state index contributed by atoms with van der Waals surface area (Å²) < 4.78 is 5.01. The number of carboxylic acids is 1. The van der Waals surface area contributed by atoms with Crippen LogP contribution in [0.2, 0.25) is 0 Å². The predicted octanol–water partition coefficient (Wildman–Crippen LogP) is 1.44. The molecule has 0 aliphatic carbocycles. The zero-order chi connectivity index (χ0) is 13.0. The highest BCUT2D eigenvalue weighted by Gasteiger charge is 2.45. The molecular weight excluding hydrogens is 230 g/mol. The van der Waals surface area contributed by atoms with Gasteiger partial charge in [0.15, 0.2) is 0 Å². The Kier molecular flexibility index (Phi) is 3.99. The number of rotatable bonds is 6. The van der Waals surface area contributed by atoms with Gasteiger partial charge in [0, 0.05) is 13.1 Å². The maximum atomic E-state index is 11.1. The number of aliphatic carboxylic acids is 1. The fourth-order valence-electron chi connectivity index (χ4n) is 1.99. The van der Waals surface area contributed by atoms with Crippen molar-refractivity contribution in [3.8, 4) is 0 Å². The first kappa shape index (κ1) is 13.1. The van der Waals surface area contributed by atoms with Gasteiger partial charge in [0.05, 0.1) is 13.2 Å². The van der Waals surface area contributed by atoms with E-state index >= 15 is 0 Å². The van der Waals surface area contributed by atoms with Gasteiger partial charge in [0.25, 0.3) is 0 Å². The Balaban J connectivity index is 1.82. The van der Waals surface area contributed by atoms with Crippen LogP contribution in [-0.4, -0.2) is 30.8 Å². The molecule has 98 valence electrons. The second-order valence-corrected chi connectivity index (χ2v) is 4.85. The molecule has 0 saturated carbocycles. The minimum Gasteiger partial charge on any atom is -0.481 e. The number of benzene rings is 1. The molecule has 1 aliphatic heterocycles. The predicted molar refractivity (Wildman–Crippen MR) is 68.4 cm³/mol. The molecule has 0 radical (unpaired) electrons. The van der Waals surface area contributed by atoms with E-state index in [4.69, 9.17) is 9.84 Å². The van der Waals surface area contributed by atoms with E-state index in [1.165, 1.54) is 11.1 Å². The number of hydrogen-bond acceptors (Lipinski definition) is 3. The van der Waals surface area contributed by atoms with Crippen LogP contribution in [-0.2, 0) is 22.5 Å². The van der Waals surface area contributed by atoms with Crippen LogP contribution in [0.15, 0.2) is 24.3 Å². The van der Waals surface area contributed by atoms with Crippen molar-refractivity contribution in [2.24, 2.45) is 5.41 Å². The number of aryl methyl sites for hydroxylation is 1. The molecule has 1 aliphatic rings. The lowest BCUT2D eigenvalue weighted by Crippen LogP contribution is -2.55. The van der Waals surface area contributed by atoms with Gasteiger partial charge >= 0.3 is 5.97 Å². The number of carboxylic acid groups (broad SMARTS) is 1. The van der Waals surface area contributed by atoms with Crippen LogP contribution < -0.4 is 5.32 Å². The maximum absolute atomic E-state index is 11.1. The van der Waals surface area contributed by atoms with E-state index in [0.29, 0.717) is 26.3 Å². The Morgan fingerprint density at radius 1 is 1.33 bits per heavy atom. The molecule has 1 fully saturated rings. The molecule has 1 aromatic carbocycles. The monoisotopic (exact) mass is 249 g/mol. The molecule has 18 heavy (non-hydrogen) atoms. The Morgan fingerprint density at radius 2 is 1.94 bits per heavy atom. The van der Waals surface area contributed by atoms with Crippen molar-refractivity contribution in [1.82, 2.24) is 5.32 Å². The van der Waals surface area contributed by atoms with Crippen LogP contribution in [0.5, 0.6) is 0 Å². The smallest absolute Gasteiger partial charge is 0.315 e. The summed E-state index contributed by atoms with van der Waals surface area (Å²) in [5.74, 6) is -0.775. The molecule has 0 aromatic heterocycles. The molecule has 0 amide bonds. The first-order valence-electron chi connectivity index (χ1n) is 6.26. The van der Waals surface area contributed by atoms with Crippen molar-refractivity contribution < 1.29 is 14.6 Å². The van der Waals surface area contributed by atoms with Gasteiger partial charge in [-0.3, -0.25) is 4.79 Å². The Labute approximate surface area is 107 Å². The Morgan fingerprint density at radius 3 is 2.39 bits per heavy atom. The minimum atomic E-state index is -0.775. The summed E-state index contributed by atoms with van der Waals surface area (Å²) in [4.78, 5) is 11.1. The fraction of sp³-hybridized carbons (Fsp3) is 0.500. The number of ether oxygens (including phenoxy) is 1. The third kappa shape index (κ3) is 2.71. The van der Waals surface area contributed by atoms with Crippen LogP contribution >= 0.6 is 0 Å². The molecule has 2 rings (SSSR count). The van der Waals surface area contributed by atoms with Gasteiger partial charge in [-0.15, -0.1) is 0 Å². The van der Waals surface area contributed by atoms with Gasteiger partial charge in [-0.05, 0) is 17.5 Å². The van der Waals surface area contributed by atoms with Crippen LogP contribution in [0, 0.1) is 5.41 Å². The van der Waals surface area contributed by atoms with Crippen molar-refractivity contribution >= 4 is 5.97 Å².